The minimum Gasteiger partial charge on any atom is -0.366 e. The third kappa shape index (κ3) is 5.89. The Labute approximate surface area is 189 Å². The van der Waals surface area contributed by atoms with Crippen LogP contribution in [0.5, 0.6) is 0 Å². The molecule has 31 heavy (non-hydrogen) atoms. The van der Waals surface area contributed by atoms with Crippen LogP contribution in [0, 0.1) is 11.7 Å². The number of hydrogen-bond donors (Lipinski definition) is 1. The van der Waals surface area contributed by atoms with Gasteiger partial charge in [0, 0.05) is 44.5 Å². The van der Waals surface area contributed by atoms with Gasteiger partial charge in [-0.15, -0.1) is 0 Å². The summed E-state index contributed by atoms with van der Waals surface area (Å²) in [5, 5.41) is 4.49. The fourth-order valence-electron chi connectivity index (χ4n) is 4.73. The number of aromatic nitrogens is 2. The number of hydrogen-bond acceptors (Lipinski definition) is 6. The molecular formula is C24H34FN5S. The van der Waals surface area contributed by atoms with Gasteiger partial charge in [0.15, 0.2) is 5.16 Å². The second kappa shape index (κ2) is 11.1. The van der Waals surface area contributed by atoms with E-state index in [1.54, 1.807) is 17.8 Å². The summed E-state index contributed by atoms with van der Waals surface area (Å²) in [4.78, 5) is 13.9. The molecule has 2 aliphatic rings. The van der Waals surface area contributed by atoms with Gasteiger partial charge in [-0.25, -0.2) is 14.4 Å². The van der Waals surface area contributed by atoms with Crippen molar-refractivity contribution in [3.05, 3.63) is 41.8 Å². The molecule has 168 valence electrons. The first-order chi connectivity index (χ1) is 15.2. The largest absolute Gasteiger partial charge is 0.366 e. The predicted octanol–water partition coefficient (Wildman–Crippen LogP) is 4.72. The first-order valence-electron chi connectivity index (χ1n) is 11.6. The molecule has 0 unspecified atom stereocenters. The molecule has 1 N–H and O–H groups in total. The third-order valence-electron chi connectivity index (χ3n) is 6.50. The van der Waals surface area contributed by atoms with Crippen LogP contribution in [0.4, 0.5) is 15.9 Å². The Kier molecular flexibility index (Phi) is 8.03. The maximum absolute atomic E-state index is 14.2. The Morgan fingerprint density at radius 2 is 1.74 bits per heavy atom. The molecule has 2 aromatic rings. The minimum atomic E-state index is -0.147. The summed E-state index contributed by atoms with van der Waals surface area (Å²) in [7, 11) is 0. The van der Waals surface area contributed by atoms with Crippen molar-refractivity contribution < 1.29 is 4.39 Å². The molecule has 1 aromatic heterocycles. The number of halogens is 1. The molecule has 2 heterocycles. The van der Waals surface area contributed by atoms with Crippen LogP contribution >= 0.6 is 11.8 Å². The van der Waals surface area contributed by atoms with Crippen molar-refractivity contribution in [2.24, 2.45) is 5.92 Å². The number of thioether (sulfide) groups is 1. The highest BCUT2D eigenvalue weighted by atomic mass is 32.2. The van der Waals surface area contributed by atoms with E-state index in [2.05, 4.69) is 20.1 Å². The van der Waals surface area contributed by atoms with E-state index in [9.17, 15) is 4.39 Å². The van der Waals surface area contributed by atoms with Crippen LogP contribution in [0.1, 0.15) is 44.1 Å². The second-order valence-electron chi connectivity index (χ2n) is 8.62. The van der Waals surface area contributed by atoms with Crippen LogP contribution in [-0.2, 0) is 6.54 Å². The van der Waals surface area contributed by atoms with E-state index in [-0.39, 0.29) is 5.82 Å². The topological polar surface area (TPSA) is 44.3 Å². The van der Waals surface area contributed by atoms with Crippen molar-refractivity contribution in [3.8, 4) is 0 Å². The standard InChI is InChI=1S/C24H34FN5S/c1-31-24-27-18-20(17-26-16-19-8-4-2-3-5-9-19)23(28-24)30-14-12-29(13-15-30)22-11-7-6-10-21(22)25/h6-7,10-11,18-19,26H,2-5,8-9,12-17H2,1H3. The molecule has 4 rings (SSSR count). The van der Waals surface area contributed by atoms with E-state index in [0.717, 1.165) is 61.7 Å². The lowest BCUT2D eigenvalue weighted by Crippen LogP contribution is -2.47. The van der Waals surface area contributed by atoms with E-state index in [1.807, 2.05) is 24.6 Å². The highest BCUT2D eigenvalue weighted by Gasteiger charge is 2.23. The van der Waals surface area contributed by atoms with Gasteiger partial charge in [-0.2, -0.15) is 0 Å². The lowest BCUT2D eigenvalue weighted by atomic mass is 10.0. The smallest absolute Gasteiger partial charge is 0.189 e. The van der Waals surface area contributed by atoms with Gasteiger partial charge in [-0.05, 0) is 43.7 Å². The van der Waals surface area contributed by atoms with Gasteiger partial charge in [-0.3, -0.25) is 0 Å². The molecule has 5 nitrogen and oxygen atoms in total. The van der Waals surface area contributed by atoms with Crippen LogP contribution in [0.3, 0.4) is 0 Å². The summed E-state index contributed by atoms with van der Waals surface area (Å²) in [6, 6.07) is 7.05. The van der Waals surface area contributed by atoms with E-state index in [0.29, 0.717) is 5.69 Å². The number of benzene rings is 1. The molecule has 0 radical (unpaired) electrons. The van der Waals surface area contributed by atoms with E-state index in [4.69, 9.17) is 4.98 Å². The van der Waals surface area contributed by atoms with Crippen molar-refractivity contribution in [2.75, 3.05) is 48.8 Å². The predicted molar refractivity (Wildman–Crippen MR) is 128 cm³/mol. The normalized spacial score (nSPS) is 18.3. The molecule has 1 aliphatic heterocycles. The SMILES string of the molecule is CSc1ncc(CNCC2CCCCCC2)c(N2CCN(c3ccccc3F)CC2)n1. The molecule has 1 saturated carbocycles. The number of rotatable bonds is 7. The summed E-state index contributed by atoms with van der Waals surface area (Å²) in [5.74, 6) is 1.67. The second-order valence-corrected chi connectivity index (χ2v) is 9.39. The Hall–Kier alpha value is -1.86. The van der Waals surface area contributed by atoms with Crippen LogP contribution in [0.25, 0.3) is 0 Å². The molecule has 0 bridgehead atoms. The highest BCUT2D eigenvalue weighted by Crippen LogP contribution is 2.26. The van der Waals surface area contributed by atoms with Crippen molar-refractivity contribution in [1.29, 1.82) is 0 Å². The summed E-state index contributed by atoms with van der Waals surface area (Å²) in [6.07, 6.45) is 12.2. The van der Waals surface area contributed by atoms with Gasteiger partial charge < -0.3 is 15.1 Å². The summed E-state index contributed by atoms with van der Waals surface area (Å²) in [5.41, 5.74) is 1.85. The van der Waals surface area contributed by atoms with Crippen molar-refractivity contribution >= 4 is 23.3 Å². The zero-order valence-electron chi connectivity index (χ0n) is 18.5. The molecule has 0 spiro atoms. The van der Waals surface area contributed by atoms with Gasteiger partial charge >= 0.3 is 0 Å². The number of para-hydroxylation sites is 1. The Bertz CT molecular complexity index is 832. The van der Waals surface area contributed by atoms with Crippen molar-refractivity contribution in [3.63, 3.8) is 0 Å². The van der Waals surface area contributed by atoms with E-state index < -0.39 is 0 Å². The minimum absolute atomic E-state index is 0.147. The van der Waals surface area contributed by atoms with Crippen LogP contribution < -0.4 is 15.1 Å². The summed E-state index contributed by atoms with van der Waals surface area (Å²) >= 11 is 1.57. The summed E-state index contributed by atoms with van der Waals surface area (Å²) < 4.78 is 14.2. The van der Waals surface area contributed by atoms with Gasteiger partial charge in [0.2, 0.25) is 0 Å². The maximum atomic E-state index is 14.2. The fourth-order valence-corrected chi connectivity index (χ4v) is 5.06. The van der Waals surface area contributed by atoms with Crippen molar-refractivity contribution in [1.82, 2.24) is 15.3 Å². The molecule has 1 aromatic carbocycles. The average molecular weight is 444 g/mol. The lowest BCUT2D eigenvalue weighted by molar-refractivity contribution is 0.424. The van der Waals surface area contributed by atoms with Gasteiger partial charge in [0.1, 0.15) is 11.6 Å². The molecule has 2 fully saturated rings. The molecule has 1 aliphatic carbocycles. The van der Waals surface area contributed by atoms with Gasteiger partial charge in [0.25, 0.3) is 0 Å². The Morgan fingerprint density at radius 1 is 1.03 bits per heavy atom. The zero-order chi connectivity index (χ0) is 21.5. The Balaban J connectivity index is 1.39. The quantitative estimate of drug-likeness (QED) is 0.379. The number of piperazine rings is 1. The monoisotopic (exact) mass is 443 g/mol. The molecule has 0 amide bonds. The van der Waals surface area contributed by atoms with Gasteiger partial charge in [-0.1, -0.05) is 49.6 Å². The maximum Gasteiger partial charge on any atom is 0.189 e. The van der Waals surface area contributed by atoms with E-state index >= 15 is 0 Å². The van der Waals surface area contributed by atoms with E-state index in [1.165, 1.54) is 44.6 Å². The number of anilines is 2. The van der Waals surface area contributed by atoms with Gasteiger partial charge in [0.05, 0.1) is 5.69 Å². The number of nitrogens with zero attached hydrogens (tertiary/aromatic N) is 4. The van der Waals surface area contributed by atoms with Crippen LogP contribution in [0.2, 0.25) is 0 Å². The average Bonchev–Trinajstić information content (AvgIpc) is 3.09. The summed E-state index contributed by atoms with van der Waals surface area (Å²) in [6.45, 7) is 5.10. The molecule has 0 atom stereocenters. The van der Waals surface area contributed by atoms with Crippen LogP contribution in [-0.4, -0.2) is 48.9 Å². The lowest BCUT2D eigenvalue weighted by Gasteiger charge is -2.37. The number of nitrogens with one attached hydrogen (secondary N) is 1. The van der Waals surface area contributed by atoms with Crippen molar-refractivity contribution in [2.45, 2.75) is 50.2 Å². The third-order valence-corrected chi connectivity index (χ3v) is 7.06. The fraction of sp³-hybridized carbons (Fsp3) is 0.583. The zero-order valence-corrected chi connectivity index (χ0v) is 19.3. The molecule has 7 heteroatoms. The highest BCUT2D eigenvalue weighted by molar-refractivity contribution is 7.98. The first kappa shape index (κ1) is 22.3. The Morgan fingerprint density at radius 3 is 2.45 bits per heavy atom. The molecule has 1 saturated heterocycles. The van der Waals surface area contributed by atoms with Crippen LogP contribution in [0.15, 0.2) is 35.6 Å². The first-order valence-corrected chi connectivity index (χ1v) is 12.8. The molecular weight excluding hydrogens is 409 g/mol.